The van der Waals surface area contributed by atoms with Crippen molar-refractivity contribution >= 4 is 29.3 Å². The van der Waals surface area contributed by atoms with Gasteiger partial charge in [0.2, 0.25) is 5.78 Å². The highest BCUT2D eigenvalue weighted by Crippen LogP contribution is 2.39. The standard InChI is InChI=1S/C27H21ClF8N4O4/c28-20-7-15(26(31,32)33)9-37-22(20)21(41)12-39(11-13-5-16(29)8-17(30)6-13)24(42)19-10-38-40(23(19)27(34,35)36)18-3-1-14(2-4-18)25(43)44/h5-10,14,18H,1-4,11-12H2,(H,43,44). The third-order valence-electron chi connectivity index (χ3n) is 7.04. The lowest BCUT2D eigenvalue weighted by molar-refractivity contribution is -0.147. The van der Waals surface area contributed by atoms with E-state index in [4.69, 9.17) is 11.6 Å². The number of nitrogens with zero attached hydrogens (tertiary/aromatic N) is 4. The fraction of sp³-hybridized carbons (Fsp3) is 0.370. The summed E-state index contributed by atoms with van der Waals surface area (Å²) < 4.78 is 110. The highest BCUT2D eigenvalue weighted by atomic mass is 35.5. The number of hydrogen-bond donors (Lipinski definition) is 1. The van der Waals surface area contributed by atoms with E-state index in [0.717, 1.165) is 12.1 Å². The van der Waals surface area contributed by atoms with Crippen LogP contribution in [0.5, 0.6) is 0 Å². The van der Waals surface area contributed by atoms with Gasteiger partial charge in [0.05, 0.1) is 40.9 Å². The number of carboxylic acids is 1. The van der Waals surface area contributed by atoms with Crippen molar-refractivity contribution in [1.29, 1.82) is 0 Å². The molecule has 0 bridgehead atoms. The van der Waals surface area contributed by atoms with Gasteiger partial charge in [0.1, 0.15) is 17.3 Å². The van der Waals surface area contributed by atoms with Crippen LogP contribution in [0.25, 0.3) is 0 Å². The van der Waals surface area contributed by atoms with Crippen molar-refractivity contribution in [3.8, 4) is 0 Å². The molecule has 1 aliphatic rings. The number of ketones is 1. The number of carbonyl (C=O) groups excluding carboxylic acids is 2. The minimum atomic E-state index is -5.16. The minimum Gasteiger partial charge on any atom is -0.481 e. The van der Waals surface area contributed by atoms with Gasteiger partial charge in [-0.15, -0.1) is 0 Å². The maximum atomic E-state index is 14.4. The van der Waals surface area contributed by atoms with Gasteiger partial charge in [0.15, 0.2) is 5.69 Å². The van der Waals surface area contributed by atoms with Crippen LogP contribution in [0.3, 0.4) is 0 Å². The van der Waals surface area contributed by atoms with E-state index in [-0.39, 0.29) is 31.2 Å². The molecule has 3 aromatic rings. The largest absolute Gasteiger partial charge is 0.481 e. The molecule has 1 N–H and O–H groups in total. The van der Waals surface area contributed by atoms with Crippen molar-refractivity contribution in [2.45, 2.75) is 50.6 Å². The molecule has 236 valence electrons. The third-order valence-corrected chi connectivity index (χ3v) is 7.32. The van der Waals surface area contributed by atoms with Crippen LogP contribution in [0, 0.1) is 17.6 Å². The van der Waals surface area contributed by atoms with E-state index in [1.54, 1.807) is 0 Å². The summed E-state index contributed by atoms with van der Waals surface area (Å²) in [7, 11) is 0. The van der Waals surface area contributed by atoms with E-state index in [1.807, 2.05) is 0 Å². The second-order valence-electron chi connectivity index (χ2n) is 10.1. The molecule has 1 aliphatic carbocycles. The lowest BCUT2D eigenvalue weighted by Gasteiger charge is -2.28. The maximum Gasteiger partial charge on any atom is 0.433 e. The van der Waals surface area contributed by atoms with Crippen LogP contribution in [0.15, 0.2) is 36.7 Å². The summed E-state index contributed by atoms with van der Waals surface area (Å²) in [6, 6.07) is 1.53. The Morgan fingerprint density at radius 3 is 2.07 bits per heavy atom. The van der Waals surface area contributed by atoms with Crippen molar-refractivity contribution in [2.75, 3.05) is 6.54 Å². The maximum absolute atomic E-state index is 14.4. The molecule has 0 unspecified atom stereocenters. The highest BCUT2D eigenvalue weighted by Gasteiger charge is 2.43. The van der Waals surface area contributed by atoms with Gasteiger partial charge in [0, 0.05) is 18.8 Å². The average Bonchev–Trinajstić information content (AvgIpc) is 3.37. The summed E-state index contributed by atoms with van der Waals surface area (Å²) in [5.74, 6) is -6.65. The van der Waals surface area contributed by atoms with Crippen LogP contribution in [-0.2, 0) is 23.7 Å². The Morgan fingerprint density at radius 1 is 0.932 bits per heavy atom. The summed E-state index contributed by atoms with van der Waals surface area (Å²) in [6.45, 7) is -1.90. The molecule has 0 spiro atoms. The number of aromatic nitrogens is 3. The Kier molecular flexibility index (Phi) is 9.32. The molecule has 2 heterocycles. The minimum absolute atomic E-state index is 0.0121. The van der Waals surface area contributed by atoms with Crippen molar-refractivity contribution in [1.82, 2.24) is 19.7 Å². The van der Waals surface area contributed by atoms with Gasteiger partial charge in [-0.05, 0) is 49.4 Å². The first kappa shape index (κ1) is 32.8. The molecule has 0 atom stereocenters. The number of Topliss-reactive ketones (excluding diaryl/α,β-unsaturated/α-hetero) is 1. The van der Waals surface area contributed by atoms with E-state index < -0.39 is 94.2 Å². The summed E-state index contributed by atoms with van der Waals surface area (Å²) in [4.78, 5) is 41.8. The second kappa shape index (κ2) is 12.5. The van der Waals surface area contributed by atoms with Gasteiger partial charge in [-0.1, -0.05) is 11.6 Å². The summed E-state index contributed by atoms with van der Waals surface area (Å²) in [5, 5.41) is 12.2. The lowest BCUT2D eigenvalue weighted by atomic mass is 9.86. The number of pyridine rings is 1. The van der Waals surface area contributed by atoms with Crippen LogP contribution >= 0.6 is 11.6 Å². The van der Waals surface area contributed by atoms with E-state index in [1.165, 1.54) is 0 Å². The van der Waals surface area contributed by atoms with Crippen LogP contribution in [-0.4, -0.2) is 49.0 Å². The predicted octanol–water partition coefficient (Wildman–Crippen LogP) is 6.59. The zero-order chi connectivity index (χ0) is 32.6. The van der Waals surface area contributed by atoms with Crippen LogP contribution in [0.2, 0.25) is 5.02 Å². The Morgan fingerprint density at radius 2 is 1.55 bits per heavy atom. The van der Waals surface area contributed by atoms with E-state index in [2.05, 4.69) is 10.1 Å². The molecular formula is C27H21ClF8N4O4. The zero-order valence-electron chi connectivity index (χ0n) is 22.2. The molecule has 44 heavy (non-hydrogen) atoms. The molecule has 4 rings (SSSR count). The number of benzene rings is 1. The van der Waals surface area contributed by atoms with Gasteiger partial charge in [0.25, 0.3) is 5.91 Å². The van der Waals surface area contributed by atoms with Crippen LogP contribution in [0.4, 0.5) is 35.1 Å². The number of hydrogen-bond acceptors (Lipinski definition) is 5. The van der Waals surface area contributed by atoms with Crippen molar-refractivity contribution in [2.24, 2.45) is 5.92 Å². The number of aliphatic carboxylic acids is 1. The van der Waals surface area contributed by atoms with Gasteiger partial charge in [-0.2, -0.15) is 31.4 Å². The molecule has 0 saturated heterocycles. The smallest absolute Gasteiger partial charge is 0.433 e. The number of carboxylic acid groups (broad SMARTS) is 1. The molecule has 17 heteroatoms. The van der Waals surface area contributed by atoms with Crippen molar-refractivity contribution in [3.63, 3.8) is 0 Å². The summed E-state index contributed by atoms with van der Waals surface area (Å²) in [6.07, 6.45) is -8.96. The summed E-state index contributed by atoms with van der Waals surface area (Å²) >= 11 is 5.83. The lowest BCUT2D eigenvalue weighted by Crippen LogP contribution is -2.37. The van der Waals surface area contributed by atoms with E-state index >= 15 is 0 Å². The first-order valence-electron chi connectivity index (χ1n) is 12.8. The molecule has 8 nitrogen and oxygen atoms in total. The van der Waals surface area contributed by atoms with E-state index in [0.29, 0.717) is 34.1 Å². The van der Waals surface area contributed by atoms with Crippen molar-refractivity contribution in [3.05, 3.63) is 81.4 Å². The predicted molar refractivity (Wildman–Crippen MR) is 136 cm³/mol. The van der Waals surface area contributed by atoms with E-state index in [9.17, 15) is 54.6 Å². The quantitative estimate of drug-likeness (QED) is 0.218. The monoisotopic (exact) mass is 652 g/mol. The highest BCUT2D eigenvalue weighted by molar-refractivity contribution is 6.33. The first-order valence-corrected chi connectivity index (χ1v) is 13.2. The number of carbonyl (C=O) groups is 3. The Balaban J connectivity index is 1.71. The number of rotatable bonds is 8. The number of halogens is 9. The van der Waals surface area contributed by atoms with Gasteiger partial charge >= 0.3 is 18.3 Å². The molecule has 0 aliphatic heterocycles. The molecule has 0 radical (unpaired) electrons. The topological polar surface area (TPSA) is 105 Å². The normalized spacial score (nSPS) is 17.4. The molecule has 1 fully saturated rings. The third kappa shape index (κ3) is 7.34. The first-order chi connectivity index (χ1) is 20.5. The van der Waals surface area contributed by atoms with Gasteiger partial charge in [-0.25, -0.2) is 8.78 Å². The Hall–Kier alpha value is -4.08. The number of alkyl halides is 6. The molecule has 1 saturated carbocycles. The second-order valence-corrected chi connectivity index (χ2v) is 10.5. The zero-order valence-corrected chi connectivity index (χ0v) is 23.0. The molecule has 1 amide bonds. The van der Waals surface area contributed by atoms with Gasteiger partial charge < -0.3 is 10.0 Å². The Labute approximate surface area is 248 Å². The SMILES string of the molecule is O=C(CN(Cc1cc(F)cc(F)c1)C(=O)c1cnn(C2CCC(C(=O)O)CC2)c1C(F)(F)F)c1ncc(C(F)(F)F)cc1Cl. The molecular weight excluding hydrogens is 632 g/mol. The van der Waals surface area contributed by atoms with Crippen LogP contribution < -0.4 is 0 Å². The van der Waals surface area contributed by atoms with Gasteiger partial charge in [-0.3, -0.25) is 24.0 Å². The van der Waals surface area contributed by atoms with Crippen LogP contribution in [0.1, 0.15) is 69.4 Å². The average molecular weight is 653 g/mol. The fourth-order valence-corrected chi connectivity index (χ4v) is 5.26. The fourth-order valence-electron chi connectivity index (χ4n) is 4.98. The van der Waals surface area contributed by atoms with Crippen molar-refractivity contribution < 1.29 is 54.6 Å². The summed E-state index contributed by atoms with van der Waals surface area (Å²) in [5.41, 5.74) is -4.79. The molecule has 2 aromatic heterocycles. The Bertz CT molecular complexity index is 1560. The number of amides is 1. The molecule has 1 aromatic carbocycles.